The van der Waals surface area contributed by atoms with E-state index >= 15 is 0 Å². The summed E-state index contributed by atoms with van der Waals surface area (Å²) in [6.07, 6.45) is 14.2. The Hall–Kier alpha value is -2.67. The fourth-order valence-electron chi connectivity index (χ4n) is 5.33. The molecule has 2 atom stereocenters. The normalized spacial score (nSPS) is 22.5. The molecule has 1 aromatic rings. The molecule has 3 rings (SSSR count). The number of allylic oxidation sites excluding steroid dienone is 2. The Labute approximate surface area is 221 Å². The van der Waals surface area contributed by atoms with Gasteiger partial charge >= 0.3 is 5.97 Å². The summed E-state index contributed by atoms with van der Waals surface area (Å²) in [7, 11) is 0. The zero-order valence-electron chi connectivity index (χ0n) is 22.1. The monoisotopic (exact) mass is 512 g/mol. The lowest BCUT2D eigenvalue weighted by Gasteiger charge is -2.29. The number of aliphatic hydroxyl groups is 1. The highest BCUT2D eigenvalue weighted by molar-refractivity contribution is 5.86. The van der Waals surface area contributed by atoms with E-state index in [0.717, 1.165) is 44.1 Å². The van der Waals surface area contributed by atoms with Crippen LogP contribution in [0.1, 0.15) is 82.6 Å². The van der Waals surface area contributed by atoms with Gasteiger partial charge < -0.3 is 20.1 Å². The molecule has 2 aliphatic rings. The van der Waals surface area contributed by atoms with Crippen molar-refractivity contribution >= 4 is 17.8 Å². The SMILES string of the molecule is O=C1CCCCC=CCC(CC(=O)N(CCO)Cc2ccccc2)C(=O)NC(CC2CCCCC2)CO1. The number of hydrogen-bond acceptors (Lipinski definition) is 5. The van der Waals surface area contributed by atoms with Crippen LogP contribution in [0.3, 0.4) is 0 Å². The van der Waals surface area contributed by atoms with E-state index in [0.29, 0.717) is 25.3 Å². The van der Waals surface area contributed by atoms with Crippen molar-refractivity contribution in [2.75, 3.05) is 19.8 Å². The molecular formula is C30H44N2O5. The average Bonchev–Trinajstić information content (AvgIpc) is 2.91. The van der Waals surface area contributed by atoms with E-state index < -0.39 is 5.92 Å². The second kappa shape index (κ2) is 16.2. The molecule has 1 aromatic carbocycles. The Balaban J connectivity index is 1.71. The Morgan fingerprint density at radius 1 is 1.03 bits per heavy atom. The number of nitrogens with one attached hydrogen (secondary N) is 1. The molecule has 7 heteroatoms. The summed E-state index contributed by atoms with van der Waals surface area (Å²) < 4.78 is 5.57. The van der Waals surface area contributed by atoms with Crippen LogP contribution in [0.4, 0.5) is 0 Å². The van der Waals surface area contributed by atoms with E-state index in [2.05, 4.69) is 5.32 Å². The van der Waals surface area contributed by atoms with Gasteiger partial charge in [-0.25, -0.2) is 0 Å². The molecule has 204 valence electrons. The molecule has 1 aliphatic carbocycles. The van der Waals surface area contributed by atoms with Crippen LogP contribution >= 0.6 is 0 Å². The number of amides is 2. The third-order valence-corrected chi connectivity index (χ3v) is 7.45. The maximum Gasteiger partial charge on any atom is 0.305 e. The molecule has 1 fully saturated rings. The van der Waals surface area contributed by atoms with E-state index in [9.17, 15) is 19.5 Å². The second-order valence-corrected chi connectivity index (χ2v) is 10.5. The molecule has 0 aromatic heterocycles. The topological polar surface area (TPSA) is 95.9 Å². The Morgan fingerprint density at radius 3 is 2.57 bits per heavy atom. The molecule has 37 heavy (non-hydrogen) atoms. The standard InChI is InChI=1S/C30H44N2O5/c33-19-18-32(22-25-14-8-5-9-15-25)28(34)21-26-16-10-2-1-3-11-17-29(35)37-23-27(31-30(26)36)20-24-12-6-4-7-13-24/h2,5,8-10,14-15,24,26-27,33H,1,3-4,6-7,11-13,16-23H2,(H,31,36). The van der Waals surface area contributed by atoms with Crippen LogP contribution < -0.4 is 5.32 Å². The third kappa shape index (κ3) is 10.7. The minimum absolute atomic E-state index is 0.0684. The van der Waals surface area contributed by atoms with Crippen LogP contribution in [0, 0.1) is 11.8 Å². The van der Waals surface area contributed by atoms with Gasteiger partial charge in [0.1, 0.15) is 6.61 Å². The van der Waals surface area contributed by atoms with E-state index in [-0.39, 0.29) is 50.0 Å². The first-order chi connectivity index (χ1) is 18.0. The van der Waals surface area contributed by atoms with Crippen molar-refractivity contribution in [2.24, 2.45) is 11.8 Å². The molecule has 0 saturated heterocycles. The van der Waals surface area contributed by atoms with Crippen molar-refractivity contribution in [1.82, 2.24) is 10.2 Å². The number of esters is 1. The summed E-state index contributed by atoms with van der Waals surface area (Å²) in [5.41, 5.74) is 0.981. The zero-order chi connectivity index (χ0) is 26.3. The highest BCUT2D eigenvalue weighted by Gasteiger charge is 2.28. The molecule has 1 heterocycles. The van der Waals surface area contributed by atoms with Gasteiger partial charge in [-0.2, -0.15) is 0 Å². The van der Waals surface area contributed by atoms with E-state index in [1.807, 2.05) is 42.5 Å². The van der Waals surface area contributed by atoms with Gasteiger partial charge in [0.25, 0.3) is 0 Å². The van der Waals surface area contributed by atoms with Gasteiger partial charge in [0.05, 0.1) is 18.6 Å². The van der Waals surface area contributed by atoms with E-state index in [1.54, 1.807) is 4.90 Å². The molecule has 1 saturated carbocycles. The highest BCUT2D eigenvalue weighted by Crippen LogP contribution is 2.28. The summed E-state index contributed by atoms with van der Waals surface area (Å²) in [5, 5.41) is 12.7. The first-order valence-electron chi connectivity index (χ1n) is 14.1. The van der Waals surface area contributed by atoms with E-state index in [1.165, 1.54) is 19.3 Å². The van der Waals surface area contributed by atoms with Gasteiger partial charge in [0.2, 0.25) is 11.8 Å². The van der Waals surface area contributed by atoms with Crippen LogP contribution in [0.15, 0.2) is 42.5 Å². The van der Waals surface area contributed by atoms with Gasteiger partial charge in [-0.15, -0.1) is 0 Å². The molecule has 2 unspecified atom stereocenters. The third-order valence-electron chi connectivity index (χ3n) is 7.45. The van der Waals surface area contributed by atoms with Gasteiger partial charge in [-0.3, -0.25) is 14.4 Å². The van der Waals surface area contributed by atoms with Crippen LogP contribution in [0.25, 0.3) is 0 Å². The first-order valence-corrected chi connectivity index (χ1v) is 14.1. The molecule has 2 N–H and O–H groups in total. The number of hydrogen-bond donors (Lipinski definition) is 2. The molecule has 0 bridgehead atoms. The minimum Gasteiger partial charge on any atom is -0.463 e. The van der Waals surface area contributed by atoms with Gasteiger partial charge in [0, 0.05) is 25.9 Å². The number of aliphatic hydroxyl groups excluding tert-OH is 1. The summed E-state index contributed by atoms with van der Waals surface area (Å²) >= 11 is 0. The fraction of sp³-hybridized carbons (Fsp3) is 0.633. The smallest absolute Gasteiger partial charge is 0.305 e. The molecule has 2 amide bonds. The van der Waals surface area contributed by atoms with Crippen molar-refractivity contribution in [3.63, 3.8) is 0 Å². The Bertz CT molecular complexity index is 866. The molecule has 0 radical (unpaired) electrons. The lowest BCUT2D eigenvalue weighted by atomic mass is 9.84. The van der Waals surface area contributed by atoms with Gasteiger partial charge in [-0.1, -0.05) is 74.6 Å². The van der Waals surface area contributed by atoms with Crippen LogP contribution in [-0.2, 0) is 25.7 Å². The first kappa shape index (κ1) is 28.9. The second-order valence-electron chi connectivity index (χ2n) is 10.5. The lowest BCUT2D eigenvalue weighted by Crippen LogP contribution is -2.44. The zero-order valence-corrected chi connectivity index (χ0v) is 22.1. The number of carbonyl (C=O) groups excluding carboxylic acids is 3. The van der Waals surface area contributed by atoms with Gasteiger partial charge in [0.15, 0.2) is 0 Å². The predicted octanol–water partition coefficient (Wildman–Crippen LogP) is 4.53. The number of rotatable bonds is 8. The van der Waals surface area contributed by atoms with E-state index in [4.69, 9.17) is 4.74 Å². The molecule has 7 nitrogen and oxygen atoms in total. The lowest BCUT2D eigenvalue weighted by molar-refractivity contribution is -0.145. The number of carbonyl (C=O) groups is 3. The number of nitrogens with zero attached hydrogens (tertiary/aromatic N) is 1. The van der Waals surface area contributed by atoms with Crippen molar-refractivity contribution in [3.8, 4) is 0 Å². The van der Waals surface area contributed by atoms with Crippen molar-refractivity contribution in [3.05, 3.63) is 48.0 Å². The Morgan fingerprint density at radius 2 is 1.81 bits per heavy atom. The van der Waals surface area contributed by atoms with Crippen LogP contribution in [0.5, 0.6) is 0 Å². The molecule has 0 spiro atoms. The quantitative estimate of drug-likeness (QED) is 0.394. The Kier molecular flexibility index (Phi) is 12.7. The van der Waals surface area contributed by atoms with Crippen molar-refractivity contribution in [2.45, 2.75) is 89.6 Å². The molecule has 1 aliphatic heterocycles. The number of benzene rings is 1. The summed E-state index contributed by atoms with van der Waals surface area (Å²) in [6, 6.07) is 9.42. The fourth-order valence-corrected chi connectivity index (χ4v) is 5.33. The van der Waals surface area contributed by atoms with Crippen molar-refractivity contribution < 1.29 is 24.2 Å². The predicted molar refractivity (Wildman–Crippen MR) is 143 cm³/mol. The highest BCUT2D eigenvalue weighted by atomic mass is 16.5. The largest absolute Gasteiger partial charge is 0.463 e. The van der Waals surface area contributed by atoms with Gasteiger partial charge in [-0.05, 0) is 43.6 Å². The number of cyclic esters (lactones) is 1. The summed E-state index contributed by atoms with van der Waals surface area (Å²) in [4.78, 5) is 40.7. The van der Waals surface area contributed by atoms with Crippen LogP contribution in [-0.4, -0.2) is 53.6 Å². The molecular weight excluding hydrogens is 468 g/mol. The minimum atomic E-state index is -0.520. The maximum absolute atomic E-state index is 13.5. The summed E-state index contributed by atoms with van der Waals surface area (Å²) in [5.74, 6) is -0.537. The maximum atomic E-state index is 13.5. The van der Waals surface area contributed by atoms with Crippen LogP contribution in [0.2, 0.25) is 0 Å². The average molecular weight is 513 g/mol. The van der Waals surface area contributed by atoms with Crippen molar-refractivity contribution in [1.29, 1.82) is 0 Å². The summed E-state index contributed by atoms with van der Waals surface area (Å²) in [6.45, 7) is 0.662. The number of ether oxygens (including phenoxy) is 1.